The Morgan fingerprint density at radius 3 is 1.02 bits per heavy atom. The normalized spacial score (nSPS) is 14.7. The average molecular weight is 863 g/mol. The molecule has 0 rings (SSSR count). The van der Waals surface area contributed by atoms with Crippen LogP contribution in [-0.4, -0.2) is 156 Å². The summed E-state index contributed by atoms with van der Waals surface area (Å²) < 4.78 is 0. The fraction of sp³-hybridized carbons (Fsp3) is 0.606. The molecule has 0 saturated carbocycles. The summed E-state index contributed by atoms with van der Waals surface area (Å²) in [7, 11) is 0. The van der Waals surface area contributed by atoms with Gasteiger partial charge in [0.2, 0.25) is 41.4 Å². The van der Waals surface area contributed by atoms with Crippen molar-refractivity contribution in [2.24, 2.45) is 5.73 Å². The molecule has 27 heteroatoms. The highest BCUT2D eigenvalue weighted by Crippen LogP contribution is 2.07. The fourth-order valence-corrected chi connectivity index (χ4v) is 4.68. The maximum absolute atomic E-state index is 13.4. The molecule has 0 spiro atoms. The summed E-state index contributed by atoms with van der Waals surface area (Å²) in [5.74, 6) is -16.8. The third-order valence-corrected chi connectivity index (χ3v) is 8.09. The summed E-state index contributed by atoms with van der Waals surface area (Å²) in [4.78, 5) is 158. The Balaban J connectivity index is 6.04. The Hall–Kier alpha value is -6.93. The molecule has 0 aliphatic carbocycles. The minimum Gasteiger partial charge on any atom is -0.481 e. The lowest BCUT2D eigenvalue weighted by Crippen LogP contribution is -2.59. The molecule has 0 aromatic carbocycles. The van der Waals surface area contributed by atoms with Crippen LogP contribution in [0.25, 0.3) is 0 Å². The molecule has 0 radical (unpaired) electrons. The van der Waals surface area contributed by atoms with Gasteiger partial charge in [0.1, 0.15) is 42.3 Å². The number of aliphatic carboxylic acids is 6. The molecule has 0 aromatic heterocycles. The Morgan fingerprint density at radius 1 is 0.367 bits per heavy atom. The minimum absolute atomic E-state index is 0.408. The summed E-state index contributed by atoms with van der Waals surface area (Å²) in [6, 6.07) is -13.1. The lowest BCUT2D eigenvalue weighted by Gasteiger charge is -2.26. The molecule has 0 heterocycles. The molecule has 0 saturated heterocycles. The number of carboxylic acid groups (broad SMARTS) is 6. The fourth-order valence-electron chi connectivity index (χ4n) is 4.68. The highest BCUT2D eigenvalue weighted by atomic mass is 16.4. The number of nitrogens with two attached hydrogens (primary N) is 1. The highest BCUT2D eigenvalue weighted by Gasteiger charge is 2.34. The number of hydrogen-bond acceptors (Lipinski definition) is 14. The van der Waals surface area contributed by atoms with Gasteiger partial charge in [-0.1, -0.05) is 0 Å². The van der Waals surface area contributed by atoms with Crippen molar-refractivity contribution in [2.45, 2.75) is 127 Å². The zero-order chi connectivity index (χ0) is 46.4. The van der Waals surface area contributed by atoms with E-state index in [0.717, 1.165) is 20.8 Å². The van der Waals surface area contributed by atoms with Crippen LogP contribution in [0.4, 0.5) is 0 Å². The number of carbonyl (C=O) groups is 13. The number of hydrogen-bond donors (Lipinski definition) is 14. The van der Waals surface area contributed by atoms with Crippen LogP contribution in [0, 0.1) is 0 Å². The van der Waals surface area contributed by atoms with Crippen LogP contribution in [0.1, 0.15) is 78.6 Å². The van der Waals surface area contributed by atoms with Crippen molar-refractivity contribution in [1.82, 2.24) is 37.2 Å². The SMILES string of the molecule is C[C@H](NC(=O)[C@H](CCC(=O)O)NC(=O)[C@H](C)NC(=O)[C@H](C)NC(=O)[C@H](CCC(=O)O)NC(=O)[C@H](CCC(=O)O)NC(=O)[C@H](CC(=O)O)NC(=O)[C@@H](N)CCC(=O)O)C(=O)O. The maximum atomic E-state index is 13.4. The molecule has 60 heavy (non-hydrogen) atoms. The van der Waals surface area contributed by atoms with Gasteiger partial charge in [-0.3, -0.25) is 62.3 Å². The van der Waals surface area contributed by atoms with Crippen molar-refractivity contribution < 1.29 is 93.0 Å². The van der Waals surface area contributed by atoms with Gasteiger partial charge in [0, 0.05) is 25.7 Å². The van der Waals surface area contributed by atoms with Crippen molar-refractivity contribution in [3.8, 4) is 0 Å². The molecular formula is C33H50N8O19. The Bertz CT molecular complexity index is 1660. The van der Waals surface area contributed by atoms with Gasteiger partial charge in [-0.25, -0.2) is 0 Å². The third-order valence-electron chi connectivity index (χ3n) is 8.09. The van der Waals surface area contributed by atoms with E-state index in [9.17, 15) is 77.6 Å². The van der Waals surface area contributed by atoms with Crippen LogP contribution in [0.2, 0.25) is 0 Å². The number of carbonyl (C=O) groups excluding carboxylic acids is 7. The van der Waals surface area contributed by atoms with Crippen LogP contribution >= 0.6 is 0 Å². The first kappa shape index (κ1) is 53.1. The monoisotopic (exact) mass is 862 g/mol. The van der Waals surface area contributed by atoms with E-state index < -0.39 is 183 Å². The quantitative estimate of drug-likeness (QED) is 0.0334. The molecule has 7 amide bonds. The average Bonchev–Trinajstić information content (AvgIpc) is 3.13. The second-order valence-corrected chi connectivity index (χ2v) is 13.2. The van der Waals surface area contributed by atoms with Crippen molar-refractivity contribution in [3.63, 3.8) is 0 Å². The largest absolute Gasteiger partial charge is 0.481 e. The Labute approximate surface area is 339 Å². The lowest BCUT2D eigenvalue weighted by atomic mass is 10.1. The van der Waals surface area contributed by atoms with Gasteiger partial charge in [-0.15, -0.1) is 0 Å². The Kier molecular flexibility index (Phi) is 23.1. The molecule has 336 valence electrons. The summed E-state index contributed by atoms with van der Waals surface area (Å²) in [5.41, 5.74) is 5.61. The van der Waals surface area contributed by atoms with Crippen LogP contribution in [0.3, 0.4) is 0 Å². The molecule has 0 fully saturated rings. The predicted molar refractivity (Wildman–Crippen MR) is 196 cm³/mol. The molecule has 8 atom stereocenters. The van der Waals surface area contributed by atoms with Gasteiger partial charge in [0.05, 0.1) is 12.5 Å². The number of carboxylic acids is 6. The second kappa shape index (κ2) is 26.1. The van der Waals surface area contributed by atoms with Crippen LogP contribution in [-0.2, 0) is 62.3 Å². The van der Waals surface area contributed by atoms with Gasteiger partial charge in [0.25, 0.3) is 0 Å². The van der Waals surface area contributed by atoms with Crippen molar-refractivity contribution >= 4 is 77.2 Å². The molecule has 0 aliphatic rings. The number of nitrogens with one attached hydrogen (secondary N) is 7. The van der Waals surface area contributed by atoms with E-state index in [2.05, 4.69) is 31.9 Å². The van der Waals surface area contributed by atoms with Gasteiger partial charge >= 0.3 is 35.8 Å². The van der Waals surface area contributed by atoms with Crippen molar-refractivity contribution in [2.75, 3.05) is 0 Å². The second-order valence-electron chi connectivity index (χ2n) is 13.2. The van der Waals surface area contributed by atoms with E-state index in [1.807, 2.05) is 5.32 Å². The Morgan fingerprint density at radius 2 is 0.650 bits per heavy atom. The molecule has 0 aromatic rings. The van der Waals surface area contributed by atoms with Crippen molar-refractivity contribution in [3.05, 3.63) is 0 Å². The topological polar surface area (TPSA) is 454 Å². The maximum Gasteiger partial charge on any atom is 0.325 e. The number of amides is 7. The molecular weight excluding hydrogens is 812 g/mol. The summed E-state index contributed by atoms with van der Waals surface area (Å²) >= 11 is 0. The van der Waals surface area contributed by atoms with Crippen molar-refractivity contribution in [1.29, 1.82) is 0 Å². The molecule has 0 aliphatic heterocycles. The van der Waals surface area contributed by atoms with E-state index in [-0.39, 0.29) is 0 Å². The molecule has 15 N–H and O–H groups in total. The smallest absolute Gasteiger partial charge is 0.325 e. The van der Waals surface area contributed by atoms with E-state index in [4.69, 9.17) is 21.1 Å². The third kappa shape index (κ3) is 21.6. The van der Waals surface area contributed by atoms with E-state index >= 15 is 0 Å². The van der Waals surface area contributed by atoms with E-state index in [0.29, 0.717) is 0 Å². The van der Waals surface area contributed by atoms with E-state index in [1.54, 1.807) is 0 Å². The molecule has 0 bridgehead atoms. The molecule has 0 unspecified atom stereocenters. The van der Waals surface area contributed by atoms with Gasteiger partial charge in [-0.2, -0.15) is 0 Å². The minimum atomic E-state index is -1.94. The molecule has 27 nitrogen and oxygen atoms in total. The van der Waals surface area contributed by atoms with Crippen LogP contribution < -0.4 is 43.0 Å². The zero-order valence-electron chi connectivity index (χ0n) is 32.6. The summed E-state index contributed by atoms with van der Waals surface area (Å²) in [6.45, 7) is 3.35. The van der Waals surface area contributed by atoms with Gasteiger partial charge in [0.15, 0.2) is 0 Å². The number of rotatable bonds is 29. The predicted octanol–water partition coefficient (Wildman–Crippen LogP) is -5.21. The summed E-state index contributed by atoms with van der Waals surface area (Å²) in [5, 5.41) is 69.5. The summed E-state index contributed by atoms with van der Waals surface area (Å²) in [6.07, 6.45) is -6.05. The lowest BCUT2D eigenvalue weighted by molar-refractivity contribution is -0.142. The standard InChI is InChI=1S/C33H50N8O19/c1-13(26(52)35-14(2)27(53)38-17(5-9-22(44)45)30(56)37-15(3)33(59)60)36-29(55)18(6-10-23(46)47)39-31(57)19(7-11-24(48)49)40-32(58)20(12-25(50)51)41-28(54)16(34)4-8-21(42)43/h13-20H,4-12,34H2,1-3H3,(H,35,52)(H,36,55)(H,37,56)(H,38,53)(H,39,57)(H,40,58)(H,41,54)(H,42,43)(H,44,45)(H,46,47)(H,48,49)(H,50,51)(H,59,60)/t13-,14-,15-,16-,17-,18-,19-,20-/m0/s1. The first-order chi connectivity index (χ1) is 27.7. The first-order valence-corrected chi connectivity index (χ1v) is 17.9. The highest BCUT2D eigenvalue weighted by molar-refractivity contribution is 5.98. The van der Waals surface area contributed by atoms with Crippen LogP contribution in [0.5, 0.6) is 0 Å². The van der Waals surface area contributed by atoms with Gasteiger partial charge in [-0.05, 0) is 46.5 Å². The van der Waals surface area contributed by atoms with Crippen LogP contribution in [0.15, 0.2) is 0 Å². The zero-order valence-corrected chi connectivity index (χ0v) is 32.6. The van der Waals surface area contributed by atoms with E-state index in [1.165, 1.54) is 0 Å². The van der Waals surface area contributed by atoms with Gasteiger partial charge < -0.3 is 73.6 Å². The first-order valence-electron chi connectivity index (χ1n) is 17.9.